The highest BCUT2D eigenvalue weighted by Crippen LogP contribution is 2.27. The number of halogens is 3. The van der Waals surface area contributed by atoms with Crippen LogP contribution in [0.1, 0.15) is 36.1 Å². The van der Waals surface area contributed by atoms with Crippen molar-refractivity contribution in [3.05, 3.63) is 22.8 Å². The van der Waals surface area contributed by atoms with Gasteiger partial charge in [0.15, 0.2) is 0 Å². The van der Waals surface area contributed by atoms with Crippen molar-refractivity contribution >= 4 is 11.7 Å². The molecule has 1 saturated heterocycles. The summed E-state index contributed by atoms with van der Waals surface area (Å²) in [7, 11) is 0. The maximum Gasteiger partial charge on any atom is 0.453 e. The lowest BCUT2D eigenvalue weighted by Gasteiger charge is -2.34. The van der Waals surface area contributed by atoms with E-state index in [1.165, 1.54) is 0 Å². The van der Waals surface area contributed by atoms with E-state index in [1.807, 2.05) is 4.90 Å². The molecule has 3 rings (SSSR count). The van der Waals surface area contributed by atoms with Crippen molar-refractivity contribution in [3.8, 4) is 0 Å². The minimum absolute atomic E-state index is 0.0548. The highest BCUT2D eigenvalue weighted by Gasteiger charge is 2.37. The first-order valence-corrected chi connectivity index (χ1v) is 9.01. The van der Waals surface area contributed by atoms with Crippen molar-refractivity contribution in [1.82, 2.24) is 29.4 Å². The van der Waals surface area contributed by atoms with Gasteiger partial charge in [-0.2, -0.15) is 18.2 Å². The number of carbonyl (C=O) groups excluding carboxylic acids is 1. The summed E-state index contributed by atoms with van der Waals surface area (Å²) in [6.45, 7) is 9.62. The number of aromatic nitrogens is 4. The normalized spacial score (nSPS) is 16.3. The Morgan fingerprint density at radius 1 is 1.11 bits per heavy atom. The van der Waals surface area contributed by atoms with Crippen LogP contribution < -0.4 is 0 Å². The van der Waals surface area contributed by atoms with E-state index in [0.29, 0.717) is 37.3 Å². The molecule has 0 bridgehead atoms. The molecule has 148 valence electrons. The number of aryl methyl sites for hydroxylation is 2. The monoisotopic (exact) mass is 384 g/mol. The highest BCUT2D eigenvalue weighted by atomic mass is 19.4. The van der Waals surface area contributed by atoms with E-state index in [-0.39, 0.29) is 11.7 Å². The van der Waals surface area contributed by atoms with Crippen LogP contribution in [0.4, 0.5) is 13.2 Å². The Morgan fingerprint density at radius 3 is 2.37 bits per heavy atom. The summed E-state index contributed by atoms with van der Waals surface area (Å²) in [5, 5.41) is 3.54. The molecule has 0 aliphatic carbocycles. The van der Waals surface area contributed by atoms with Gasteiger partial charge in [0.1, 0.15) is 0 Å². The summed E-state index contributed by atoms with van der Waals surface area (Å²) < 4.78 is 39.7. The Labute approximate surface area is 155 Å². The standard InChI is InChI=1S/C17H23F3N6O/c1-4-24-7-9-25(10-8-24)14(27)6-5-13-11(2)21-16-22-15(17(18,19)20)23-26(16)12(13)3/h4-10H2,1-3H3. The van der Waals surface area contributed by atoms with E-state index >= 15 is 0 Å². The maximum absolute atomic E-state index is 12.9. The smallest absolute Gasteiger partial charge is 0.340 e. The Bertz CT molecular complexity index is 839. The van der Waals surface area contributed by atoms with Gasteiger partial charge in [0.25, 0.3) is 11.6 Å². The zero-order chi connectivity index (χ0) is 19.8. The summed E-state index contributed by atoms with van der Waals surface area (Å²) >= 11 is 0. The number of rotatable bonds is 4. The third-order valence-corrected chi connectivity index (χ3v) is 5.06. The lowest BCUT2D eigenvalue weighted by molar-refractivity contribution is -0.144. The second kappa shape index (κ2) is 7.41. The van der Waals surface area contributed by atoms with Gasteiger partial charge in [0, 0.05) is 44.0 Å². The number of nitrogens with zero attached hydrogens (tertiary/aromatic N) is 6. The number of amides is 1. The van der Waals surface area contributed by atoms with Gasteiger partial charge in [0.05, 0.1) is 0 Å². The molecular formula is C17H23F3N6O. The second-order valence-electron chi connectivity index (χ2n) is 6.72. The molecule has 7 nitrogen and oxygen atoms in total. The average Bonchev–Trinajstić information content (AvgIpc) is 3.06. The van der Waals surface area contributed by atoms with Crippen molar-refractivity contribution in [1.29, 1.82) is 0 Å². The predicted molar refractivity (Wildman–Crippen MR) is 92.3 cm³/mol. The molecule has 0 radical (unpaired) electrons. The summed E-state index contributed by atoms with van der Waals surface area (Å²) in [6, 6.07) is 0. The lowest BCUT2D eigenvalue weighted by Crippen LogP contribution is -2.48. The Morgan fingerprint density at radius 2 is 1.78 bits per heavy atom. The maximum atomic E-state index is 12.9. The quantitative estimate of drug-likeness (QED) is 0.805. The lowest BCUT2D eigenvalue weighted by atomic mass is 10.1. The summed E-state index contributed by atoms with van der Waals surface area (Å²) in [5.41, 5.74) is 1.84. The van der Waals surface area contributed by atoms with E-state index in [1.54, 1.807) is 13.8 Å². The van der Waals surface area contributed by atoms with Gasteiger partial charge < -0.3 is 9.80 Å². The van der Waals surface area contributed by atoms with Gasteiger partial charge >= 0.3 is 6.18 Å². The van der Waals surface area contributed by atoms with Gasteiger partial charge in [-0.15, -0.1) is 5.10 Å². The molecule has 0 atom stereocenters. The van der Waals surface area contributed by atoms with Gasteiger partial charge in [-0.05, 0) is 32.4 Å². The molecule has 0 saturated carbocycles. The fraction of sp³-hybridized carbons (Fsp3) is 0.647. The van der Waals surface area contributed by atoms with Crippen molar-refractivity contribution in [3.63, 3.8) is 0 Å². The van der Waals surface area contributed by atoms with Crippen LogP contribution in [0.15, 0.2) is 0 Å². The Kier molecular flexibility index (Phi) is 5.36. The molecule has 1 aliphatic heterocycles. The van der Waals surface area contributed by atoms with Crippen molar-refractivity contribution < 1.29 is 18.0 Å². The van der Waals surface area contributed by atoms with E-state index in [2.05, 4.69) is 26.9 Å². The molecule has 1 aliphatic rings. The molecule has 3 heterocycles. The van der Waals surface area contributed by atoms with Crippen LogP contribution in [0, 0.1) is 13.8 Å². The van der Waals surface area contributed by atoms with Crippen molar-refractivity contribution in [2.45, 2.75) is 39.8 Å². The molecule has 10 heteroatoms. The number of piperazine rings is 1. The van der Waals surface area contributed by atoms with Crippen molar-refractivity contribution in [2.24, 2.45) is 0 Å². The van der Waals surface area contributed by atoms with E-state index in [4.69, 9.17) is 0 Å². The first-order chi connectivity index (χ1) is 12.7. The van der Waals surface area contributed by atoms with E-state index in [0.717, 1.165) is 29.7 Å². The molecule has 0 aromatic carbocycles. The highest BCUT2D eigenvalue weighted by molar-refractivity contribution is 5.76. The zero-order valence-electron chi connectivity index (χ0n) is 15.7. The second-order valence-corrected chi connectivity index (χ2v) is 6.72. The van der Waals surface area contributed by atoms with Crippen LogP contribution in [-0.4, -0.2) is 68.0 Å². The fourth-order valence-electron chi connectivity index (χ4n) is 3.39. The third kappa shape index (κ3) is 4.05. The minimum Gasteiger partial charge on any atom is -0.340 e. The fourth-order valence-corrected chi connectivity index (χ4v) is 3.39. The van der Waals surface area contributed by atoms with Crippen LogP contribution in [0.25, 0.3) is 5.78 Å². The molecule has 1 amide bonds. The van der Waals surface area contributed by atoms with Crippen LogP contribution in [0.3, 0.4) is 0 Å². The number of hydrogen-bond donors (Lipinski definition) is 0. The Hall–Kier alpha value is -2.23. The molecule has 2 aromatic heterocycles. The van der Waals surface area contributed by atoms with Gasteiger partial charge in [-0.3, -0.25) is 4.79 Å². The average molecular weight is 384 g/mol. The largest absolute Gasteiger partial charge is 0.453 e. The number of alkyl halides is 3. The number of fused-ring (bicyclic) bond motifs is 1. The minimum atomic E-state index is -4.62. The molecule has 2 aromatic rings. The summed E-state index contributed by atoms with van der Waals surface area (Å²) in [6.07, 6.45) is -3.92. The SMILES string of the molecule is CCN1CCN(C(=O)CCc2c(C)nc3nc(C(F)(F)F)nn3c2C)CC1. The number of carbonyl (C=O) groups is 1. The van der Waals surface area contributed by atoms with Crippen LogP contribution in [-0.2, 0) is 17.4 Å². The Balaban J connectivity index is 1.74. The summed E-state index contributed by atoms with van der Waals surface area (Å²) in [4.78, 5) is 24.2. The molecule has 0 spiro atoms. The first-order valence-electron chi connectivity index (χ1n) is 9.01. The van der Waals surface area contributed by atoms with Crippen LogP contribution in [0.2, 0.25) is 0 Å². The van der Waals surface area contributed by atoms with Gasteiger partial charge in [-0.1, -0.05) is 6.92 Å². The third-order valence-electron chi connectivity index (χ3n) is 5.06. The number of likely N-dealkylation sites (N-methyl/N-ethyl adjacent to an activating group) is 1. The topological polar surface area (TPSA) is 66.6 Å². The van der Waals surface area contributed by atoms with Crippen LogP contribution in [0.5, 0.6) is 0 Å². The molecular weight excluding hydrogens is 361 g/mol. The molecule has 0 N–H and O–H groups in total. The zero-order valence-corrected chi connectivity index (χ0v) is 15.7. The van der Waals surface area contributed by atoms with E-state index in [9.17, 15) is 18.0 Å². The van der Waals surface area contributed by atoms with Crippen molar-refractivity contribution in [2.75, 3.05) is 32.7 Å². The summed E-state index contributed by atoms with van der Waals surface area (Å²) in [5.74, 6) is -1.23. The number of hydrogen-bond acceptors (Lipinski definition) is 5. The molecule has 0 unspecified atom stereocenters. The van der Waals surface area contributed by atoms with E-state index < -0.39 is 12.0 Å². The van der Waals surface area contributed by atoms with Gasteiger partial charge in [0.2, 0.25) is 5.91 Å². The molecule has 27 heavy (non-hydrogen) atoms. The first kappa shape index (κ1) is 19.5. The molecule has 1 fully saturated rings. The van der Waals surface area contributed by atoms with Gasteiger partial charge in [-0.25, -0.2) is 9.50 Å². The van der Waals surface area contributed by atoms with Crippen LogP contribution >= 0.6 is 0 Å². The predicted octanol–water partition coefficient (Wildman–Crippen LogP) is 1.86.